The van der Waals surface area contributed by atoms with Gasteiger partial charge >= 0.3 is 45.1 Å². The van der Waals surface area contributed by atoms with E-state index in [1.807, 2.05) is 0 Å². The summed E-state index contributed by atoms with van der Waals surface area (Å²) in [5.74, 6) is 0. The van der Waals surface area contributed by atoms with E-state index in [1.54, 1.807) is 0 Å². The molecule has 0 amide bonds. The van der Waals surface area contributed by atoms with Crippen molar-refractivity contribution in [3.63, 3.8) is 0 Å². The molecule has 0 spiro atoms. The summed E-state index contributed by atoms with van der Waals surface area (Å²) >= 11 is 0. The van der Waals surface area contributed by atoms with Crippen LogP contribution in [0.15, 0.2) is 0 Å². The Bertz CT molecular complexity index is 26.5. The fourth-order valence-corrected chi connectivity index (χ4v) is 0. The van der Waals surface area contributed by atoms with Crippen LogP contribution in [-0.4, -0.2) is 77.5 Å². The molecule has 0 rings (SSSR count). The van der Waals surface area contributed by atoms with E-state index in [0.717, 1.165) is 0 Å². The third kappa shape index (κ3) is 55.0. The molecule has 7 heavy (non-hydrogen) atoms. The summed E-state index contributed by atoms with van der Waals surface area (Å²) in [4.78, 5) is 0. The second kappa shape index (κ2) is 15.8. The minimum atomic E-state index is -2.17. The Labute approximate surface area is 105 Å². The molecule has 0 aromatic rings. The van der Waals surface area contributed by atoms with E-state index in [2.05, 4.69) is 0 Å². The first-order valence-corrected chi connectivity index (χ1v) is 0.775. The summed E-state index contributed by atoms with van der Waals surface area (Å²) in [6.07, 6.45) is 0. The summed E-state index contributed by atoms with van der Waals surface area (Å²) in [6.45, 7) is 0. The van der Waals surface area contributed by atoms with Crippen molar-refractivity contribution in [2.45, 2.75) is 0 Å². The van der Waals surface area contributed by atoms with Gasteiger partial charge in [-0.15, -0.1) is 0 Å². The molecular formula is H8AlBCaO3Zr. The van der Waals surface area contributed by atoms with Gasteiger partial charge < -0.3 is 17.9 Å². The Kier molecular flexibility index (Phi) is 51.2. The molecule has 0 fully saturated rings. The van der Waals surface area contributed by atoms with Crippen molar-refractivity contribution in [2.24, 2.45) is 0 Å². The Morgan fingerprint density at radius 3 is 1.14 bits per heavy atom. The smallest absolute Gasteiger partial charge is 1.00 e. The van der Waals surface area contributed by atoms with Crippen LogP contribution >= 0.6 is 0 Å². The van der Waals surface area contributed by atoms with Gasteiger partial charge in [-0.25, -0.2) is 0 Å². The predicted octanol–water partition coefficient (Wildman–Crippen LogP) is -3.39. The molecule has 0 aliphatic heterocycles. The Morgan fingerprint density at radius 1 is 1.14 bits per heavy atom. The summed E-state index contributed by atoms with van der Waals surface area (Å²) in [5.41, 5.74) is 0. The molecule has 38 valence electrons. The molecule has 0 aromatic carbocycles. The number of hydrogen-bond donors (Lipinski definition) is 3. The standard InChI is InChI=1S/Al.BH3O3.Ca.Zr.5H/c;2-1(3)4;;;;;;;/h;2-4H;;;;;;;/q;;+2;;;;;2*-1. The first-order chi connectivity index (χ1) is 1.73. The van der Waals surface area contributed by atoms with Crippen LogP contribution in [0.1, 0.15) is 2.85 Å². The minimum absolute atomic E-state index is 0. The first-order valence-electron chi connectivity index (χ1n) is 0.775. The van der Waals surface area contributed by atoms with Crippen LogP contribution in [0.5, 0.6) is 0 Å². The van der Waals surface area contributed by atoms with Crippen LogP contribution in [0.2, 0.25) is 0 Å². The molecule has 7 heteroatoms. The van der Waals surface area contributed by atoms with Gasteiger partial charge in [0.1, 0.15) is 0 Å². The van der Waals surface area contributed by atoms with Gasteiger partial charge in [-0.3, -0.25) is 0 Å². The summed E-state index contributed by atoms with van der Waals surface area (Å²) < 4.78 is 0. The molecule has 0 saturated heterocycles. The van der Waals surface area contributed by atoms with Crippen molar-refractivity contribution in [1.82, 2.24) is 0 Å². The zero-order valence-corrected chi connectivity index (χ0v) is 7.79. The SMILES string of the molecule is OB(O)O.[AlH3].[Ca+2].[H-].[H-].[Zr]. The molecule has 0 bridgehead atoms. The predicted molar refractivity (Wildman–Crippen MR) is 30.3 cm³/mol. The number of rotatable bonds is 0. The van der Waals surface area contributed by atoms with Crippen molar-refractivity contribution in [2.75, 3.05) is 0 Å². The van der Waals surface area contributed by atoms with Crippen molar-refractivity contribution < 1.29 is 44.1 Å². The molecule has 0 radical (unpaired) electrons. The molecule has 0 saturated carbocycles. The van der Waals surface area contributed by atoms with E-state index >= 15 is 0 Å². The largest absolute Gasteiger partial charge is 2.00 e. The second-order valence-corrected chi connectivity index (χ2v) is 0.346. The average Bonchev–Trinajstić information content (AvgIpc) is 0.811. The van der Waals surface area contributed by atoms with E-state index in [-0.39, 0.29) is 84.2 Å². The van der Waals surface area contributed by atoms with Crippen LogP contribution in [-0.2, 0) is 26.2 Å². The van der Waals surface area contributed by atoms with Gasteiger partial charge in [0.05, 0.1) is 0 Å². The van der Waals surface area contributed by atoms with Gasteiger partial charge in [-0.2, -0.15) is 0 Å². The van der Waals surface area contributed by atoms with E-state index < -0.39 is 7.32 Å². The van der Waals surface area contributed by atoms with E-state index in [4.69, 9.17) is 15.1 Å². The van der Waals surface area contributed by atoms with Crippen molar-refractivity contribution in [1.29, 1.82) is 0 Å². The number of hydrogen-bond acceptors (Lipinski definition) is 3. The second-order valence-electron chi connectivity index (χ2n) is 0.346. The summed E-state index contributed by atoms with van der Waals surface area (Å²) in [7, 11) is -2.17. The molecular weight excluding hydrogens is 217 g/mol. The van der Waals surface area contributed by atoms with Crippen LogP contribution in [0.25, 0.3) is 0 Å². The molecule has 0 aliphatic rings. The van der Waals surface area contributed by atoms with Crippen molar-refractivity contribution >= 4 is 62.4 Å². The van der Waals surface area contributed by atoms with Crippen LogP contribution in [0.3, 0.4) is 0 Å². The maximum atomic E-state index is 7.17. The Morgan fingerprint density at radius 2 is 1.14 bits per heavy atom. The molecule has 3 nitrogen and oxygen atoms in total. The summed E-state index contributed by atoms with van der Waals surface area (Å²) in [6, 6.07) is 0. The molecule has 3 N–H and O–H groups in total. The van der Waals surface area contributed by atoms with Crippen LogP contribution in [0, 0.1) is 0 Å². The topological polar surface area (TPSA) is 60.7 Å². The Balaban J connectivity index is -0.00000000450. The molecule has 0 heterocycles. The third-order valence-corrected chi connectivity index (χ3v) is 0. The molecule has 0 unspecified atom stereocenters. The third-order valence-electron chi connectivity index (χ3n) is 0. The molecule has 0 aromatic heterocycles. The summed E-state index contributed by atoms with van der Waals surface area (Å²) in [5, 5.41) is 21.5. The van der Waals surface area contributed by atoms with Crippen LogP contribution < -0.4 is 0 Å². The van der Waals surface area contributed by atoms with Crippen molar-refractivity contribution in [3.8, 4) is 0 Å². The fourth-order valence-electron chi connectivity index (χ4n) is 0. The normalized spacial score (nSPS) is 3.86. The molecule has 0 atom stereocenters. The van der Waals surface area contributed by atoms with Crippen LogP contribution in [0.4, 0.5) is 0 Å². The monoisotopic (exact) mass is 224 g/mol. The van der Waals surface area contributed by atoms with Gasteiger partial charge in [-0.1, -0.05) is 0 Å². The van der Waals surface area contributed by atoms with Gasteiger partial charge in [0.25, 0.3) is 0 Å². The first kappa shape index (κ1) is 22.6. The molecule has 0 aliphatic carbocycles. The zero-order valence-electron chi connectivity index (χ0n) is 5.13. The van der Waals surface area contributed by atoms with Gasteiger partial charge in [0.15, 0.2) is 17.4 Å². The maximum Gasteiger partial charge on any atom is 2.00 e. The van der Waals surface area contributed by atoms with Gasteiger partial charge in [0.2, 0.25) is 0 Å². The van der Waals surface area contributed by atoms with E-state index in [1.165, 1.54) is 0 Å². The minimum Gasteiger partial charge on any atom is -1.00 e. The van der Waals surface area contributed by atoms with Gasteiger partial charge in [-0.05, 0) is 0 Å². The van der Waals surface area contributed by atoms with E-state index in [0.29, 0.717) is 0 Å². The average molecular weight is 225 g/mol. The fraction of sp³-hybridized carbons (Fsp3) is 0. The Hall–Kier alpha value is 2.62. The van der Waals surface area contributed by atoms with E-state index in [9.17, 15) is 0 Å². The maximum absolute atomic E-state index is 7.17. The van der Waals surface area contributed by atoms with Crippen molar-refractivity contribution in [3.05, 3.63) is 0 Å². The zero-order chi connectivity index (χ0) is 3.58. The quantitative estimate of drug-likeness (QED) is 0.377. The van der Waals surface area contributed by atoms with Gasteiger partial charge in [0, 0.05) is 26.2 Å².